The van der Waals surface area contributed by atoms with E-state index in [2.05, 4.69) is 10.1 Å². The van der Waals surface area contributed by atoms with Crippen molar-refractivity contribution in [3.8, 4) is 0 Å². The molecule has 0 saturated carbocycles. The first-order valence-electron chi connectivity index (χ1n) is 7.77. The number of aryl methyl sites for hydroxylation is 1. The van der Waals surface area contributed by atoms with Crippen LogP contribution in [0.1, 0.15) is 43.8 Å². The van der Waals surface area contributed by atoms with Gasteiger partial charge in [-0.1, -0.05) is 32.9 Å². The van der Waals surface area contributed by atoms with Crippen molar-refractivity contribution in [1.29, 1.82) is 0 Å². The minimum atomic E-state index is -0.446. The number of amides is 1. The van der Waals surface area contributed by atoms with Crippen molar-refractivity contribution in [3.05, 3.63) is 45.5 Å². The number of aromatic nitrogens is 3. The van der Waals surface area contributed by atoms with Crippen molar-refractivity contribution < 1.29 is 4.79 Å². The molecule has 0 unspecified atom stereocenters. The summed E-state index contributed by atoms with van der Waals surface area (Å²) in [6, 6.07) is 1.65. The van der Waals surface area contributed by atoms with Gasteiger partial charge in [0.05, 0.1) is 11.7 Å². The van der Waals surface area contributed by atoms with Gasteiger partial charge in [-0.3, -0.25) is 14.7 Å². The lowest BCUT2D eigenvalue weighted by Crippen LogP contribution is -2.39. The zero-order valence-electron chi connectivity index (χ0n) is 14.2. The van der Waals surface area contributed by atoms with Crippen LogP contribution in [0.5, 0.6) is 0 Å². The van der Waals surface area contributed by atoms with Crippen molar-refractivity contribution in [1.82, 2.24) is 19.5 Å². The predicted octanol–water partition coefficient (Wildman–Crippen LogP) is 2.13. The third-order valence-electron chi connectivity index (χ3n) is 4.28. The quantitative estimate of drug-likeness (QED) is 0.820. The molecule has 0 bridgehead atoms. The van der Waals surface area contributed by atoms with Crippen molar-refractivity contribution >= 4 is 11.6 Å². The van der Waals surface area contributed by atoms with Crippen LogP contribution < -0.4 is 5.56 Å². The lowest BCUT2D eigenvalue weighted by Gasteiger charge is -2.30. The lowest BCUT2D eigenvalue weighted by atomic mass is 9.94. The number of nitrogens with one attached hydrogen (secondary N) is 1. The minimum Gasteiger partial charge on any atom is -0.326 e. The molecule has 0 saturated heterocycles. The smallest absolute Gasteiger partial charge is 0.275 e. The van der Waals surface area contributed by atoms with Crippen LogP contribution in [0.15, 0.2) is 23.0 Å². The SMILES string of the molecule is Cc1nc2cc([C@@H]3C=CCN3C(=O)C(C)(C)C)[nH]n2c(=O)c1C. The molecule has 0 aliphatic carbocycles. The summed E-state index contributed by atoms with van der Waals surface area (Å²) in [5, 5.41) is 3.11. The number of carbonyl (C=O) groups excluding carboxylic acids is 1. The first kappa shape index (κ1) is 15.5. The standard InChI is InChI=1S/C17H22N4O2/c1-10-11(2)18-14-9-12(19-21(14)15(10)22)13-7-6-8-20(13)16(23)17(3,4)5/h6-7,9,13,19H,8H2,1-5H3/t13-/m0/s1. The molecular formula is C17H22N4O2. The summed E-state index contributed by atoms with van der Waals surface area (Å²) in [5.41, 5.74) is 2.18. The van der Waals surface area contributed by atoms with Crippen LogP contribution in [0.3, 0.4) is 0 Å². The van der Waals surface area contributed by atoms with Gasteiger partial charge < -0.3 is 4.90 Å². The Balaban J connectivity index is 2.06. The molecule has 0 spiro atoms. The van der Waals surface area contributed by atoms with E-state index in [-0.39, 0.29) is 17.5 Å². The Bertz CT molecular complexity index is 867. The summed E-state index contributed by atoms with van der Waals surface area (Å²) < 4.78 is 1.45. The fourth-order valence-corrected chi connectivity index (χ4v) is 2.82. The van der Waals surface area contributed by atoms with E-state index in [0.717, 1.165) is 11.4 Å². The van der Waals surface area contributed by atoms with Gasteiger partial charge >= 0.3 is 0 Å². The van der Waals surface area contributed by atoms with E-state index in [1.54, 1.807) is 6.92 Å². The Labute approximate surface area is 134 Å². The molecule has 1 aliphatic heterocycles. The molecule has 0 fully saturated rings. The molecule has 1 atom stereocenters. The number of hydrogen-bond acceptors (Lipinski definition) is 3. The number of carbonyl (C=O) groups is 1. The first-order chi connectivity index (χ1) is 10.7. The van der Waals surface area contributed by atoms with Gasteiger partial charge in [-0.2, -0.15) is 0 Å². The van der Waals surface area contributed by atoms with Gasteiger partial charge in [-0.15, -0.1) is 0 Å². The Morgan fingerprint density at radius 1 is 1.35 bits per heavy atom. The minimum absolute atomic E-state index is 0.0822. The summed E-state index contributed by atoms with van der Waals surface area (Å²) in [7, 11) is 0. The highest BCUT2D eigenvalue weighted by molar-refractivity contribution is 5.82. The Morgan fingerprint density at radius 3 is 2.70 bits per heavy atom. The second-order valence-electron chi connectivity index (χ2n) is 7.11. The van der Waals surface area contributed by atoms with E-state index in [1.165, 1.54) is 4.52 Å². The topological polar surface area (TPSA) is 70.5 Å². The first-order valence-corrected chi connectivity index (χ1v) is 7.77. The molecule has 1 amide bonds. The van der Waals surface area contributed by atoms with Crippen LogP contribution in [0, 0.1) is 19.3 Å². The van der Waals surface area contributed by atoms with Gasteiger partial charge in [0, 0.05) is 29.3 Å². The van der Waals surface area contributed by atoms with Crippen molar-refractivity contribution in [2.45, 2.75) is 40.7 Å². The van der Waals surface area contributed by atoms with Gasteiger partial charge in [0.25, 0.3) is 5.56 Å². The van der Waals surface area contributed by atoms with E-state index in [9.17, 15) is 9.59 Å². The zero-order valence-corrected chi connectivity index (χ0v) is 14.2. The fraction of sp³-hybridized carbons (Fsp3) is 0.471. The molecule has 122 valence electrons. The molecule has 3 rings (SSSR count). The maximum absolute atomic E-state index is 12.6. The van der Waals surface area contributed by atoms with Crippen LogP contribution in [0.2, 0.25) is 0 Å². The second kappa shape index (κ2) is 5.08. The highest BCUT2D eigenvalue weighted by Crippen LogP contribution is 2.30. The van der Waals surface area contributed by atoms with Crippen molar-refractivity contribution in [2.24, 2.45) is 5.41 Å². The molecular weight excluding hydrogens is 292 g/mol. The van der Waals surface area contributed by atoms with E-state index in [0.29, 0.717) is 17.8 Å². The maximum Gasteiger partial charge on any atom is 0.275 e. The van der Waals surface area contributed by atoms with Crippen LogP contribution >= 0.6 is 0 Å². The van der Waals surface area contributed by atoms with Crippen LogP contribution in [-0.4, -0.2) is 31.9 Å². The monoisotopic (exact) mass is 314 g/mol. The van der Waals surface area contributed by atoms with E-state index < -0.39 is 5.41 Å². The molecule has 0 radical (unpaired) electrons. The average Bonchev–Trinajstić information content (AvgIpc) is 3.09. The highest BCUT2D eigenvalue weighted by Gasteiger charge is 2.34. The molecule has 0 aromatic carbocycles. The van der Waals surface area contributed by atoms with Gasteiger partial charge in [0.2, 0.25) is 5.91 Å². The summed E-state index contributed by atoms with van der Waals surface area (Å²) in [4.78, 5) is 31.2. The Kier molecular flexibility index (Phi) is 3.43. The van der Waals surface area contributed by atoms with E-state index >= 15 is 0 Å². The van der Waals surface area contributed by atoms with Gasteiger partial charge in [0.15, 0.2) is 5.65 Å². The Morgan fingerprint density at radius 2 is 2.04 bits per heavy atom. The fourth-order valence-electron chi connectivity index (χ4n) is 2.82. The van der Waals surface area contributed by atoms with Crippen molar-refractivity contribution in [3.63, 3.8) is 0 Å². The zero-order chi connectivity index (χ0) is 16.9. The number of rotatable bonds is 1. The summed E-state index contributed by atoms with van der Waals surface area (Å²) in [5.74, 6) is 0.0822. The second-order valence-corrected chi connectivity index (χ2v) is 7.11. The van der Waals surface area contributed by atoms with Crippen LogP contribution in [0.25, 0.3) is 5.65 Å². The van der Waals surface area contributed by atoms with Gasteiger partial charge in [0.1, 0.15) is 0 Å². The van der Waals surface area contributed by atoms with E-state index in [1.807, 2.05) is 50.8 Å². The lowest BCUT2D eigenvalue weighted by molar-refractivity contribution is -0.140. The van der Waals surface area contributed by atoms with Crippen molar-refractivity contribution in [2.75, 3.05) is 6.54 Å². The predicted molar refractivity (Wildman–Crippen MR) is 88.3 cm³/mol. The van der Waals surface area contributed by atoms with Crippen LogP contribution in [-0.2, 0) is 4.79 Å². The molecule has 1 N–H and O–H groups in total. The molecule has 6 heteroatoms. The molecule has 3 heterocycles. The molecule has 1 aliphatic rings. The normalized spacial score (nSPS) is 18.1. The molecule has 2 aromatic rings. The number of H-pyrrole nitrogens is 1. The third kappa shape index (κ3) is 2.48. The number of nitrogens with zero attached hydrogens (tertiary/aromatic N) is 3. The molecule has 6 nitrogen and oxygen atoms in total. The number of aromatic amines is 1. The molecule has 23 heavy (non-hydrogen) atoms. The number of fused-ring (bicyclic) bond motifs is 1. The maximum atomic E-state index is 12.6. The molecule has 2 aromatic heterocycles. The Hall–Kier alpha value is -2.37. The summed E-state index contributed by atoms with van der Waals surface area (Å²) >= 11 is 0. The summed E-state index contributed by atoms with van der Waals surface area (Å²) in [6.45, 7) is 9.91. The van der Waals surface area contributed by atoms with E-state index in [4.69, 9.17) is 0 Å². The van der Waals surface area contributed by atoms with Gasteiger partial charge in [-0.25, -0.2) is 9.50 Å². The highest BCUT2D eigenvalue weighted by atomic mass is 16.2. The van der Waals surface area contributed by atoms with Crippen LogP contribution in [0.4, 0.5) is 0 Å². The summed E-state index contributed by atoms with van der Waals surface area (Å²) in [6.07, 6.45) is 3.96. The average molecular weight is 314 g/mol. The van der Waals surface area contributed by atoms with Gasteiger partial charge in [-0.05, 0) is 13.8 Å². The largest absolute Gasteiger partial charge is 0.326 e. The third-order valence-corrected chi connectivity index (χ3v) is 4.28. The number of hydrogen-bond donors (Lipinski definition) is 1.